The van der Waals surface area contributed by atoms with E-state index in [4.69, 9.17) is 9.47 Å². The molecule has 0 saturated carbocycles. The number of hydrogen-bond acceptors (Lipinski definition) is 4. The highest BCUT2D eigenvalue weighted by Gasteiger charge is 2.34. The Morgan fingerprint density at radius 2 is 2.05 bits per heavy atom. The molecule has 2 rings (SSSR count). The number of carboxylic acids is 1. The summed E-state index contributed by atoms with van der Waals surface area (Å²) < 4.78 is 10.9. The summed E-state index contributed by atoms with van der Waals surface area (Å²) in [6.45, 7) is 4.72. The van der Waals surface area contributed by atoms with Crippen molar-refractivity contribution in [3.63, 3.8) is 0 Å². The second-order valence-corrected chi connectivity index (χ2v) is 5.69. The zero-order chi connectivity index (χ0) is 15.6. The van der Waals surface area contributed by atoms with Crippen LogP contribution in [0, 0.1) is 5.92 Å². The summed E-state index contributed by atoms with van der Waals surface area (Å²) in [5.74, 6) is 0.596. The monoisotopic (exact) mass is 293 g/mol. The number of aliphatic carboxylic acids is 1. The summed E-state index contributed by atoms with van der Waals surface area (Å²) in [6.07, 6.45) is 0.568. The summed E-state index contributed by atoms with van der Waals surface area (Å²) in [7, 11) is 3.23. The lowest BCUT2D eigenvalue weighted by Gasteiger charge is -2.23. The van der Waals surface area contributed by atoms with Crippen LogP contribution >= 0.6 is 0 Å². The number of ether oxygens (including phenoxy) is 2. The number of hydrogen-bond donors (Lipinski definition) is 2. The molecule has 1 fully saturated rings. The first kappa shape index (κ1) is 15.6. The lowest BCUT2D eigenvalue weighted by molar-refractivity contribution is -0.141. The Labute approximate surface area is 125 Å². The van der Waals surface area contributed by atoms with E-state index in [0.717, 1.165) is 11.1 Å². The van der Waals surface area contributed by atoms with Crippen LogP contribution < -0.4 is 14.8 Å². The molecule has 116 valence electrons. The van der Waals surface area contributed by atoms with E-state index < -0.39 is 5.97 Å². The normalized spacial score (nSPS) is 21.6. The number of rotatable bonds is 5. The molecule has 2 N–H and O–H groups in total. The molecular formula is C16H23NO4. The SMILES string of the molecule is COc1ccc(C(C)C)c(C2CC(C(=O)O)CN2)c1OC. The van der Waals surface area contributed by atoms with Crippen molar-refractivity contribution in [1.29, 1.82) is 0 Å². The van der Waals surface area contributed by atoms with Crippen LogP contribution in [0.15, 0.2) is 12.1 Å². The third-order valence-electron chi connectivity index (χ3n) is 4.07. The van der Waals surface area contributed by atoms with Gasteiger partial charge in [0.05, 0.1) is 20.1 Å². The van der Waals surface area contributed by atoms with Crippen molar-refractivity contribution in [3.05, 3.63) is 23.3 Å². The fraction of sp³-hybridized carbons (Fsp3) is 0.562. The summed E-state index contributed by atoms with van der Waals surface area (Å²) in [6, 6.07) is 3.92. The molecule has 5 heteroatoms. The van der Waals surface area contributed by atoms with Gasteiger partial charge in [-0.05, 0) is 24.0 Å². The fourth-order valence-corrected chi connectivity index (χ4v) is 2.97. The summed E-state index contributed by atoms with van der Waals surface area (Å²) in [5, 5.41) is 12.5. The van der Waals surface area contributed by atoms with Crippen LogP contribution in [0.1, 0.15) is 43.4 Å². The average Bonchev–Trinajstić information content (AvgIpc) is 2.94. The van der Waals surface area contributed by atoms with Gasteiger partial charge in [0.15, 0.2) is 11.5 Å². The fourth-order valence-electron chi connectivity index (χ4n) is 2.97. The van der Waals surface area contributed by atoms with Gasteiger partial charge in [0.25, 0.3) is 0 Å². The average molecular weight is 293 g/mol. The van der Waals surface area contributed by atoms with Crippen molar-refractivity contribution in [2.75, 3.05) is 20.8 Å². The maximum absolute atomic E-state index is 11.2. The molecule has 0 spiro atoms. The molecule has 1 aromatic rings. The Hall–Kier alpha value is -1.75. The largest absolute Gasteiger partial charge is 0.493 e. The number of carboxylic acid groups (broad SMARTS) is 1. The predicted molar refractivity (Wildman–Crippen MR) is 80.1 cm³/mol. The number of methoxy groups -OCH3 is 2. The van der Waals surface area contributed by atoms with Crippen LogP contribution in [0.25, 0.3) is 0 Å². The van der Waals surface area contributed by atoms with Gasteiger partial charge in [-0.2, -0.15) is 0 Å². The Morgan fingerprint density at radius 1 is 1.33 bits per heavy atom. The van der Waals surface area contributed by atoms with Gasteiger partial charge in [-0.25, -0.2) is 0 Å². The first-order chi connectivity index (χ1) is 9.99. The smallest absolute Gasteiger partial charge is 0.307 e. The molecule has 2 unspecified atom stereocenters. The van der Waals surface area contributed by atoms with Crippen molar-refractivity contribution in [3.8, 4) is 11.5 Å². The molecule has 1 saturated heterocycles. The summed E-state index contributed by atoms with van der Waals surface area (Å²) in [4.78, 5) is 11.2. The number of benzene rings is 1. The van der Waals surface area contributed by atoms with Crippen molar-refractivity contribution >= 4 is 5.97 Å². The van der Waals surface area contributed by atoms with E-state index in [1.807, 2.05) is 12.1 Å². The first-order valence-electron chi connectivity index (χ1n) is 7.20. The molecule has 2 atom stereocenters. The van der Waals surface area contributed by atoms with Crippen LogP contribution in [-0.4, -0.2) is 31.8 Å². The highest BCUT2D eigenvalue weighted by Crippen LogP contribution is 2.43. The maximum Gasteiger partial charge on any atom is 0.307 e. The Balaban J connectivity index is 2.47. The van der Waals surface area contributed by atoms with E-state index in [1.54, 1.807) is 14.2 Å². The predicted octanol–water partition coefficient (Wildman–Crippen LogP) is 2.56. The second kappa shape index (κ2) is 6.35. The molecule has 1 aliphatic rings. The minimum Gasteiger partial charge on any atom is -0.493 e. The van der Waals surface area contributed by atoms with E-state index in [9.17, 15) is 9.90 Å². The zero-order valence-corrected chi connectivity index (χ0v) is 13.0. The van der Waals surface area contributed by atoms with E-state index in [1.165, 1.54) is 0 Å². The minimum absolute atomic E-state index is 0.0199. The van der Waals surface area contributed by atoms with E-state index in [2.05, 4.69) is 19.2 Å². The Morgan fingerprint density at radius 3 is 2.52 bits per heavy atom. The van der Waals surface area contributed by atoms with Gasteiger partial charge in [-0.3, -0.25) is 4.79 Å². The number of carbonyl (C=O) groups is 1. The maximum atomic E-state index is 11.2. The molecule has 21 heavy (non-hydrogen) atoms. The molecule has 0 amide bonds. The minimum atomic E-state index is -0.752. The van der Waals surface area contributed by atoms with Crippen LogP contribution in [0.5, 0.6) is 11.5 Å². The molecule has 0 aromatic heterocycles. The third-order valence-corrected chi connectivity index (χ3v) is 4.07. The van der Waals surface area contributed by atoms with Crippen LogP contribution in [0.2, 0.25) is 0 Å². The van der Waals surface area contributed by atoms with Crippen molar-refractivity contribution in [2.45, 2.75) is 32.2 Å². The van der Waals surface area contributed by atoms with Gasteiger partial charge in [0.2, 0.25) is 0 Å². The number of nitrogens with one attached hydrogen (secondary N) is 1. The molecule has 5 nitrogen and oxygen atoms in total. The molecule has 1 heterocycles. The van der Waals surface area contributed by atoms with E-state index in [-0.39, 0.29) is 12.0 Å². The van der Waals surface area contributed by atoms with Gasteiger partial charge in [-0.1, -0.05) is 19.9 Å². The van der Waals surface area contributed by atoms with Crippen molar-refractivity contribution in [1.82, 2.24) is 5.32 Å². The van der Waals surface area contributed by atoms with E-state index in [0.29, 0.717) is 30.4 Å². The van der Waals surface area contributed by atoms with Crippen molar-refractivity contribution in [2.24, 2.45) is 5.92 Å². The second-order valence-electron chi connectivity index (χ2n) is 5.69. The van der Waals surface area contributed by atoms with E-state index >= 15 is 0 Å². The van der Waals surface area contributed by atoms with Gasteiger partial charge < -0.3 is 19.9 Å². The molecule has 0 radical (unpaired) electrons. The van der Waals surface area contributed by atoms with Crippen LogP contribution in [0.4, 0.5) is 0 Å². The first-order valence-corrected chi connectivity index (χ1v) is 7.20. The molecule has 1 aliphatic heterocycles. The lowest BCUT2D eigenvalue weighted by atomic mass is 9.89. The molecular weight excluding hydrogens is 270 g/mol. The highest BCUT2D eigenvalue weighted by atomic mass is 16.5. The third kappa shape index (κ3) is 2.97. The highest BCUT2D eigenvalue weighted by molar-refractivity contribution is 5.71. The van der Waals surface area contributed by atoms with Crippen molar-refractivity contribution < 1.29 is 19.4 Å². The Kier molecular flexibility index (Phi) is 4.73. The molecule has 1 aromatic carbocycles. The van der Waals surface area contributed by atoms with Crippen LogP contribution in [0.3, 0.4) is 0 Å². The Bertz CT molecular complexity index is 527. The van der Waals surface area contributed by atoms with Gasteiger partial charge >= 0.3 is 5.97 Å². The van der Waals surface area contributed by atoms with Gasteiger partial charge in [-0.15, -0.1) is 0 Å². The van der Waals surface area contributed by atoms with Crippen LogP contribution in [-0.2, 0) is 4.79 Å². The standard InChI is InChI=1S/C16H23NO4/c1-9(2)11-5-6-13(20-3)15(21-4)14(11)12-7-10(8-17-12)16(18)19/h5-6,9-10,12,17H,7-8H2,1-4H3,(H,18,19). The topological polar surface area (TPSA) is 67.8 Å². The zero-order valence-electron chi connectivity index (χ0n) is 13.0. The summed E-state index contributed by atoms with van der Waals surface area (Å²) >= 11 is 0. The molecule has 0 aliphatic carbocycles. The lowest BCUT2D eigenvalue weighted by Crippen LogP contribution is -2.18. The quantitative estimate of drug-likeness (QED) is 0.873. The van der Waals surface area contributed by atoms with Gasteiger partial charge in [0, 0.05) is 18.2 Å². The molecule has 0 bridgehead atoms. The summed E-state index contributed by atoms with van der Waals surface area (Å²) in [5.41, 5.74) is 2.19. The van der Waals surface area contributed by atoms with Gasteiger partial charge in [0.1, 0.15) is 0 Å².